The average Bonchev–Trinajstić information content (AvgIpc) is 2.29. The summed E-state index contributed by atoms with van der Waals surface area (Å²) in [5.74, 6) is 0. The summed E-state index contributed by atoms with van der Waals surface area (Å²) in [4.78, 5) is 0. The molecule has 1 unspecified atom stereocenters. The van der Waals surface area contributed by atoms with Crippen LogP contribution in [0.2, 0.25) is 0 Å². The van der Waals surface area contributed by atoms with Gasteiger partial charge in [0.1, 0.15) is 0 Å². The molecule has 16 heavy (non-hydrogen) atoms. The number of rotatable bonds is 2. The highest BCUT2D eigenvalue weighted by Crippen LogP contribution is 2.23. The maximum absolute atomic E-state index is 11.4. The van der Waals surface area contributed by atoms with E-state index in [1.54, 1.807) is 0 Å². The summed E-state index contributed by atoms with van der Waals surface area (Å²) in [6.07, 6.45) is 0. The summed E-state index contributed by atoms with van der Waals surface area (Å²) >= 11 is 0. The molecular formula is C10H15N3O2S. The van der Waals surface area contributed by atoms with Gasteiger partial charge in [-0.1, -0.05) is 30.3 Å². The van der Waals surface area contributed by atoms with Gasteiger partial charge in [0.2, 0.25) is 0 Å². The van der Waals surface area contributed by atoms with Gasteiger partial charge in [-0.3, -0.25) is 0 Å². The molecule has 1 aliphatic rings. The van der Waals surface area contributed by atoms with Crippen LogP contribution in [-0.2, 0) is 10.2 Å². The average molecular weight is 241 g/mol. The second kappa shape index (κ2) is 4.50. The Balaban J connectivity index is 2.31. The smallest absolute Gasteiger partial charge is 0.277 e. The minimum absolute atomic E-state index is 0.204. The molecule has 1 saturated heterocycles. The van der Waals surface area contributed by atoms with Crippen molar-refractivity contribution < 1.29 is 8.42 Å². The molecule has 88 valence electrons. The predicted octanol–water partition coefficient (Wildman–Crippen LogP) is -0.164. The zero-order valence-corrected chi connectivity index (χ0v) is 9.65. The summed E-state index contributed by atoms with van der Waals surface area (Å²) in [6.45, 7) is 1.65. The first-order valence-electron chi connectivity index (χ1n) is 5.14. The molecule has 0 amide bonds. The van der Waals surface area contributed by atoms with Gasteiger partial charge < -0.3 is 5.32 Å². The van der Waals surface area contributed by atoms with Crippen LogP contribution in [0.25, 0.3) is 0 Å². The van der Waals surface area contributed by atoms with Crippen LogP contribution in [0.15, 0.2) is 30.3 Å². The van der Waals surface area contributed by atoms with E-state index in [1.807, 2.05) is 30.3 Å². The van der Waals surface area contributed by atoms with Crippen LogP contribution in [-0.4, -0.2) is 32.4 Å². The second-order valence-corrected chi connectivity index (χ2v) is 5.29. The molecule has 1 atom stereocenters. The Morgan fingerprint density at radius 2 is 2.00 bits per heavy atom. The SMILES string of the molecule is NS(=O)(=O)N1CCNCC1c1ccccc1. The van der Waals surface area contributed by atoms with Gasteiger partial charge in [0, 0.05) is 19.6 Å². The minimum atomic E-state index is -3.63. The lowest BCUT2D eigenvalue weighted by molar-refractivity contribution is 0.272. The summed E-state index contributed by atoms with van der Waals surface area (Å²) in [6, 6.07) is 9.31. The van der Waals surface area contributed by atoms with Crippen molar-refractivity contribution >= 4 is 10.2 Å². The summed E-state index contributed by atoms with van der Waals surface area (Å²) in [5, 5.41) is 8.38. The number of nitrogens with zero attached hydrogens (tertiary/aromatic N) is 1. The Morgan fingerprint density at radius 3 is 2.62 bits per heavy atom. The number of nitrogens with two attached hydrogens (primary N) is 1. The van der Waals surface area contributed by atoms with E-state index in [-0.39, 0.29) is 6.04 Å². The topological polar surface area (TPSA) is 75.4 Å². The maximum Gasteiger partial charge on any atom is 0.277 e. The fraction of sp³-hybridized carbons (Fsp3) is 0.400. The molecule has 2 rings (SSSR count). The lowest BCUT2D eigenvalue weighted by Gasteiger charge is -2.33. The standard InChI is InChI=1S/C10H15N3O2S/c11-16(14,15)13-7-6-12-8-10(13)9-4-2-1-3-5-9/h1-5,10,12H,6-8H2,(H2,11,14,15). The number of benzene rings is 1. The van der Waals surface area contributed by atoms with Gasteiger partial charge in [-0.15, -0.1) is 0 Å². The van der Waals surface area contributed by atoms with Crippen LogP contribution in [0.3, 0.4) is 0 Å². The van der Waals surface area contributed by atoms with Gasteiger partial charge in [0.05, 0.1) is 6.04 Å². The summed E-state index contributed by atoms with van der Waals surface area (Å²) in [7, 11) is -3.63. The molecule has 1 aromatic rings. The van der Waals surface area contributed by atoms with Crippen LogP contribution in [0.5, 0.6) is 0 Å². The van der Waals surface area contributed by atoms with Gasteiger partial charge in [-0.25, -0.2) is 5.14 Å². The largest absolute Gasteiger partial charge is 0.313 e. The number of nitrogens with one attached hydrogen (secondary N) is 1. The second-order valence-electron chi connectivity index (χ2n) is 3.79. The first-order chi connectivity index (χ1) is 7.59. The number of piperazine rings is 1. The van der Waals surface area contributed by atoms with Gasteiger partial charge in [0.25, 0.3) is 10.2 Å². The van der Waals surface area contributed by atoms with Crippen molar-refractivity contribution in [1.29, 1.82) is 0 Å². The molecule has 0 bridgehead atoms. The number of hydrogen-bond acceptors (Lipinski definition) is 3. The van der Waals surface area contributed by atoms with Crippen molar-refractivity contribution in [2.75, 3.05) is 19.6 Å². The van der Waals surface area contributed by atoms with Gasteiger partial charge in [-0.05, 0) is 5.56 Å². The molecule has 0 spiro atoms. The fourth-order valence-electron chi connectivity index (χ4n) is 1.95. The molecule has 1 aliphatic heterocycles. The Hall–Kier alpha value is -0.950. The molecular weight excluding hydrogens is 226 g/mol. The highest BCUT2D eigenvalue weighted by molar-refractivity contribution is 7.86. The molecule has 3 N–H and O–H groups in total. The predicted molar refractivity (Wildman–Crippen MR) is 61.9 cm³/mol. The first-order valence-corrected chi connectivity index (χ1v) is 6.64. The van der Waals surface area contributed by atoms with E-state index in [2.05, 4.69) is 5.32 Å². The zero-order valence-electron chi connectivity index (χ0n) is 8.83. The molecule has 1 heterocycles. The van der Waals surface area contributed by atoms with Crippen LogP contribution >= 0.6 is 0 Å². The highest BCUT2D eigenvalue weighted by Gasteiger charge is 2.30. The normalized spacial score (nSPS) is 23.2. The Labute approximate surface area is 95.4 Å². The van der Waals surface area contributed by atoms with Gasteiger partial charge in [0.15, 0.2) is 0 Å². The Bertz CT molecular complexity index is 446. The van der Waals surface area contributed by atoms with Crippen molar-refractivity contribution in [2.45, 2.75) is 6.04 Å². The van der Waals surface area contributed by atoms with Crippen molar-refractivity contribution in [3.05, 3.63) is 35.9 Å². The Morgan fingerprint density at radius 1 is 1.31 bits per heavy atom. The highest BCUT2D eigenvalue weighted by atomic mass is 32.2. The third kappa shape index (κ3) is 2.41. The molecule has 5 nitrogen and oxygen atoms in total. The zero-order chi connectivity index (χ0) is 11.6. The van der Waals surface area contributed by atoms with Crippen LogP contribution in [0.1, 0.15) is 11.6 Å². The molecule has 0 saturated carbocycles. The van der Waals surface area contributed by atoms with Crippen LogP contribution in [0.4, 0.5) is 0 Å². The Kier molecular flexibility index (Phi) is 3.25. The van der Waals surface area contributed by atoms with Gasteiger partial charge in [-0.2, -0.15) is 12.7 Å². The third-order valence-corrected chi connectivity index (χ3v) is 3.80. The van der Waals surface area contributed by atoms with Crippen molar-refractivity contribution in [3.8, 4) is 0 Å². The van der Waals surface area contributed by atoms with Crippen molar-refractivity contribution in [2.24, 2.45) is 5.14 Å². The summed E-state index contributed by atoms with van der Waals surface area (Å²) < 4.78 is 24.2. The van der Waals surface area contributed by atoms with E-state index < -0.39 is 10.2 Å². The lowest BCUT2D eigenvalue weighted by Crippen LogP contribution is -2.50. The van der Waals surface area contributed by atoms with E-state index >= 15 is 0 Å². The van der Waals surface area contributed by atoms with Crippen LogP contribution in [0, 0.1) is 0 Å². The monoisotopic (exact) mass is 241 g/mol. The molecule has 1 fully saturated rings. The third-order valence-electron chi connectivity index (χ3n) is 2.71. The van der Waals surface area contributed by atoms with Gasteiger partial charge >= 0.3 is 0 Å². The molecule has 0 aromatic heterocycles. The van der Waals surface area contributed by atoms with E-state index in [4.69, 9.17) is 5.14 Å². The summed E-state index contributed by atoms with van der Waals surface area (Å²) in [5.41, 5.74) is 0.962. The first kappa shape index (κ1) is 11.5. The quantitative estimate of drug-likeness (QED) is 0.755. The van der Waals surface area contributed by atoms with Crippen LogP contribution < -0.4 is 10.5 Å². The van der Waals surface area contributed by atoms with E-state index in [0.717, 1.165) is 5.56 Å². The van der Waals surface area contributed by atoms with E-state index in [9.17, 15) is 8.42 Å². The van der Waals surface area contributed by atoms with E-state index in [1.165, 1.54) is 4.31 Å². The minimum Gasteiger partial charge on any atom is -0.313 e. The van der Waals surface area contributed by atoms with Crippen molar-refractivity contribution in [3.63, 3.8) is 0 Å². The fourth-order valence-corrected chi connectivity index (χ4v) is 2.85. The number of hydrogen-bond donors (Lipinski definition) is 2. The molecule has 0 aliphatic carbocycles. The van der Waals surface area contributed by atoms with Crippen molar-refractivity contribution in [1.82, 2.24) is 9.62 Å². The maximum atomic E-state index is 11.4. The van der Waals surface area contributed by atoms with E-state index in [0.29, 0.717) is 19.6 Å². The lowest BCUT2D eigenvalue weighted by atomic mass is 10.1. The molecule has 0 radical (unpaired) electrons. The molecule has 1 aromatic carbocycles. The molecule has 6 heteroatoms.